The van der Waals surface area contributed by atoms with E-state index in [4.69, 9.17) is 5.26 Å². The van der Waals surface area contributed by atoms with Crippen molar-refractivity contribution in [2.24, 2.45) is 0 Å². The molecule has 0 saturated carbocycles. The van der Waals surface area contributed by atoms with Crippen LogP contribution in [0.4, 0.5) is 5.82 Å². The largest absolute Gasteiger partial charge is 0.365 e. The zero-order valence-electron chi connectivity index (χ0n) is 10.6. The van der Waals surface area contributed by atoms with Crippen LogP contribution in [0.1, 0.15) is 22.4 Å². The van der Waals surface area contributed by atoms with Crippen LogP contribution in [0, 0.1) is 25.2 Å². The number of pyridine rings is 1. The zero-order valence-corrected chi connectivity index (χ0v) is 10.6. The van der Waals surface area contributed by atoms with Crippen LogP contribution >= 0.6 is 0 Å². The monoisotopic (exact) mass is 237 g/mol. The number of rotatable bonds is 3. The summed E-state index contributed by atoms with van der Waals surface area (Å²) < 4.78 is 0. The minimum Gasteiger partial charge on any atom is -0.365 e. The molecule has 0 aliphatic heterocycles. The quantitative estimate of drug-likeness (QED) is 0.891. The second-order valence-electron chi connectivity index (χ2n) is 4.24. The van der Waals surface area contributed by atoms with Crippen LogP contribution in [0.15, 0.2) is 36.4 Å². The fourth-order valence-corrected chi connectivity index (χ4v) is 1.77. The summed E-state index contributed by atoms with van der Waals surface area (Å²) in [7, 11) is 0. The highest BCUT2D eigenvalue weighted by atomic mass is 15.0. The maximum absolute atomic E-state index is 9.03. The normalized spacial score (nSPS) is 9.83. The molecule has 0 unspecified atom stereocenters. The lowest BCUT2D eigenvalue weighted by Gasteiger charge is -2.10. The van der Waals surface area contributed by atoms with Gasteiger partial charge in [0.1, 0.15) is 11.9 Å². The van der Waals surface area contributed by atoms with Gasteiger partial charge in [-0.05, 0) is 37.1 Å². The predicted octanol–water partition coefficient (Wildman–Crippen LogP) is 3.18. The Morgan fingerprint density at radius 2 is 1.94 bits per heavy atom. The molecule has 1 heterocycles. The summed E-state index contributed by atoms with van der Waals surface area (Å²) in [6, 6.07) is 14.0. The summed E-state index contributed by atoms with van der Waals surface area (Å²) in [5.74, 6) is 0.653. The summed E-state index contributed by atoms with van der Waals surface area (Å²) in [4.78, 5) is 4.36. The topological polar surface area (TPSA) is 48.7 Å². The number of hydrogen-bond acceptors (Lipinski definition) is 3. The Bertz CT molecular complexity index is 597. The molecule has 0 aliphatic carbocycles. The molecule has 2 rings (SSSR count). The first-order valence-electron chi connectivity index (χ1n) is 5.87. The van der Waals surface area contributed by atoms with Crippen molar-refractivity contribution in [3.8, 4) is 6.07 Å². The van der Waals surface area contributed by atoms with Gasteiger partial charge in [0.05, 0.1) is 5.56 Å². The van der Waals surface area contributed by atoms with Crippen molar-refractivity contribution in [1.82, 2.24) is 4.98 Å². The van der Waals surface area contributed by atoms with Crippen molar-refractivity contribution in [2.75, 3.05) is 5.32 Å². The molecule has 0 bridgehead atoms. The maximum Gasteiger partial charge on any atom is 0.144 e. The molecule has 0 fully saturated rings. The first kappa shape index (κ1) is 12.1. The molecule has 90 valence electrons. The first-order chi connectivity index (χ1) is 8.70. The van der Waals surface area contributed by atoms with Gasteiger partial charge in [0.2, 0.25) is 0 Å². The molecular weight excluding hydrogens is 222 g/mol. The summed E-state index contributed by atoms with van der Waals surface area (Å²) in [5.41, 5.74) is 3.93. The van der Waals surface area contributed by atoms with Crippen LogP contribution in [0.25, 0.3) is 0 Å². The molecule has 0 atom stereocenters. The average molecular weight is 237 g/mol. The molecule has 0 radical (unpaired) electrons. The Morgan fingerprint density at radius 3 is 2.67 bits per heavy atom. The standard InChI is InChI=1S/C15H15N3/c1-11-5-3-4-6-14(11)10-17-15-13(9-16)8-7-12(2)18-15/h3-8H,10H2,1-2H3,(H,17,18). The highest BCUT2D eigenvalue weighted by Crippen LogP contribution is 2.15. The molecule has 3 nitrogen and oxygen atoms in total. The second kappa shape index (κ2) is 5.33. The summed E-state index contributed by atoms with van der Waals surface area (Å²) in [5, 5.41) is 12.3. The number of nitrogens with zero attached hydrogens (tertiary/aromatic N) is 2. The Hall–Kier alpha value is -2.34. The van der Waals surface area contributed by atoms with E-state index in [2.05, 4.69) is 35.4 Å². The molecule has 0 aliphatic rings. The molecule has 18 heavy (non-hydrogen) atoms. The van der Waals surface area contributed by atoms with E-state index in [-0.39, 0.29) is 0 Å². The Kier molecular flexibility index (Phi) is 3.59. The van der Waals surface area contributed by atoms with E-state index >= 15 is 0 Å². The van der Waals surface area contributed by atoms with Crippen molar-refractivity contribution in [3.63, 3.8) is 0 Å². The lowest BCUT2D eigenvalue weighted by atomic mass is 10.1. The molecule has 1 aromatic carbocycles. The van der Waals surface area contributed by atoms with Crippen LogP contribution in [0.5, 0.6) is 0 Å². The minimum absolute atomic E-state index is 0.578. The third-order valence-electron chi connectivity index (χ3n) is 2.86. The number of nitriles is 1. The van der Waals surface area contributed by atoms with Gasteiger partial charge in [-0.3, -0.25) is 0 Å². The minimum atomic E-state index is 0.578. The first-order valence-corrected chi connectivity index (χ1v) is 5.87. The number of hydrogen-bond donors (Lipinski definition) is 1. The van der Waals surface area contributed by atoms with Crippen molar-refractivity contribution in [1.29, 1.82) is 5.26 Å². The fraction of sp³-hybridized carbons (Fsp3) is 0.200. The van der Waals surface area contributed by atoms with Gasteiger partial charge in [0.15, 0.2) is 0 Å². The summed E-state index contributed by atoms with van der Waals surface area (Å²) in [6.45, 7) is 4.67. The maximum atomic E-state index is 9.03. The Morgan fingerprint density at radius 1 is 1.17 bits per heavy atom. The highest BCUT2D eigenvalue weighted by molar-refractivity contribution is 5.52. The van der Waals surface area contributed by atoms with E-state index in [1.165, 1.54) is 11.1 Å². The molecule has 3 heteroatoms. The SMILES string of the molecule is Cc1ccc(C#N)c(NCc2ccccc2C)n1. The van der Waals surface area contributed by atoms with Crippen LogP contribution in [0.3, 0.4) is 0 Å². The van der Waals surface area contributed by atoms with Gasteiger partial charge in [-0.25, -0.2) is 4.98 Å². The Balaban J connectivity index is 2.18. The second-order valence-corrected chi connectivity index (χ2v) is 4.24. The number of benzene rings is 1. The van der Waals surface area contributed by atoms with Gasteiger partial charge >= 0.3 is 0 Å². The Labute approximate surface area is 107 Å². The molecule has 1 aromatic heterocycles. The number of aromatic nitrogens is 1. The molecule has 0 spiro atoms. The fourth-order valence-electron chi connectivity index (χ4n) is 1.77. The van der Waals surface area contributed by atoms with E-state index in [0.717, 1.165) is 5.69 Å². The summed E-state index contributed by atoms with van der Waals surface area (Å²) in [6.07, 6.45) is 0. The van der Waals surface area contributed by atoms with E-state index in [0.29, 0.717) is 17.9 Å². The van der Waals surface area contributed by atoms with E-state index in [9.17, 15) is 0 Å². The smallest absolute Gasteiger partial charge is 0.144 e. The number of nitrogens with one attached hydrogen (secondary N) is 1. The summed E-state index contributed by atoms with van der Waals surface area (Å²) >= 11 is 0. The molecule has 1 N–H and O–H groups in total. The van der Waals surface area contributed by atoms with Gasteiger partial charge in [-0.15, -0.1) is 0 Å². The van der Waals surface area contributed by atoms with E-state index in [1.807, 2.05) is 25.1 Å². The number of aryl methyl sites for hydroxylation is 2. The third-order valence-corrected chi connectivity index (χ3v) is 2.86. The van der Waals surface area contributed by atoms with Gasteiger partial charge in [0, 0.05) is 12.2 Å². The average Bonchev–Trinajstić information content (AvgIpc) is 2.38. The van der Waals surface area contributed by atoms with Crippen LogP contribution in [0.2, 0.25) is 0 Å². The van der Waals surface area contributed by atoms with E-state index < -0.39 is 0 Å². The molecular formula is C15H15N3. The highest BCUT2D eigenvalue weighted by Gasteiger charge is 2.04. The molecule has 0 amide bonds. The third kappa shape index (κ3) is 2.67. The van der Waals surface area contributed by atoms with Crippen molar-refractivity contribution >= 4 is 5.82 Å². The van der Waals surface area contributed by atoms with Gasteiger partial charge in [0.25, 0.3) is 0 Å². The predicted molar refractivity (Wildman–Crippen MR) is 72.2 cm³/mol. The van der Waals surface area contributed by atoms with Gasteiger partial charge in [-0.2, -0.15) is 5.26 Å². The number of anilines is 1. The van der Waals surface area contributed by atoms with Crippen molar-refractivity contribution < 1.29 is 0 Å². The van der Waals surface area contributed by atoms with Crippen LogP contribution in [-0.4, -0.2) is 4.98 Å². The van der Waals surface area contributed by atoms with Gasteiger partial charge in [-0.1, -0.05) is 24.3 Å². The lowest BCUT2D eigenvalue weighted by molar-refractivity contribution is 1.07. The van der Waals surface area contributed by atoms with Gasteiger partial charge < -0.3 is 5.32 Å². The van der Waals surface area contributed by atoms with Crippen LogP contribution < -0.4 is 5.32 Å². The molecule has 0 saturated heterocycles. The van der Waals surface area contributed by atoms with E-state index in [1.54, 1.807) is 6.07 Å². The zero-order chi connectivity index (χ0) is 13.0. The van der Waals surface area contributed by atoms with Crippen molar-refractivity contribution in [3.05, 3.63) is 58.8 Å². The molecule has 2 aromatic rings. The van der Waals surface area contributed by atoms with Crippen molar-refractivity contribution in [2.45, 2.75) is 20.4 Å². The lowest BCUT2D eigenvalue weighted by Crippen LogP contribution is -2.05. The van der Waals surface area contributed by atoms with Crippen LogP contribution in [-0.2, 0) is 6.54 Å².